The molecule has 0 spiro atoms. The first kappa shape index (κ1) is 31.4. The molecule has 0 bridgehead atoms. The van der Waals surface area contributed by atoms with Gasteiger partial charge in [0.1, 0.15) is 6.04 Å². The lowest BCUT2D eigenvalue weighted by molar-refractivity contribution is -0.146. The molecule has 2 amide bonds. The number of piperazine rings is 2. The number of alkyl halides is 3. The number of nitrogens with one attached hydrogen (secondary N) is 1. The fourth-order valence-corrected chi connectivity index (χ4v) is 6.10. The highest BCUT2D eigenvalue weighted by Gasteiger charge is 2.39. The van der Waals surface area contributed by atoms with Crippen LogP contribution in [0.1, 0.15) is 43.0 Å². The van der Waals surface area contributed by atoms with E-state index in [1.807, 2.05) is 13.8 Å². The minimum Gasteiger partial charge on any atom is -0.367 e. The minimum absolute atomic E-state index is 0.0852. The number of hydrogen-bond donors (Lipinski definition) is 2. The van der Waals surface area contributed by atoms with Crippen LogP contribution in [0, 0.1) is 5.92 Å². The topological polar surface area (TPSA) is 81.9 Å². The number of para-hydroxylation sites is 1. The Hall–Kier alpha value is -2.53. The van der Waals surface area contributed by atoms with E-state index < -0.39 is 23.8 Å². The molecule has 2 saturated heterocycles. The molecule has 0 saturated carbocycles. The molecule has 41 heavy (non-hydrogen) atoms. The van der Waals surface area contributed by atoms with Crippen LogP contribution in [0.25, 0.3) is 0 Å². The molecule has 2 atom stereocenters. The van der Waals surface area contributed by atoms with Crippen LogP contribution in [0.2, 0.25) is 10.0 Å². The summed E-state index contributed by atoms with van der Waals surface area (Å²) in [5.74, 6) is -0.242. The number of anilines is 1. The second kappa shape index (κ2) is 13.2. The quantitative estimate of drug-likeness (QED) is 0.449. The van der Waals surface area contributed by atoms with Crippen molar-refractivity contribution in [1.29, 1.82) is 0 Å². The molecule has 0 radical (unpaired) electrons. The first-order valence-electron chi connectivity index (χ1n) is 13.8. The highest BCUT2D eigenvalue weighted by Crippen LogP contribution is 2.41. The van der Waals surface area contributed by atoms with E-state index in [0.717, 1.165) is 6.07 Å². The fraction of sp³-hybridized carbons (Fsp3) is 0.517. The van der Waals surface area contributed by atoms with E-state index in [2.05, 4.69) is 5.32 Å². The summed E-state index contributed by atoms with van der Waals surface area (Å²) in [5, 5.41) is 3.88. The van der Waals surface area contributed by atoms with Crippen molar-refractivity contribution in [3.05, 3.63) is 63.1 Å². The van der Waals surface area contributed by atoms with E-state index in [0.29, 0.717) is 40.7 Å². The Morgan fingerprint density at radius 1 is 1.07 bits per heavy atom. The number of benzene rings is 2. The molecule has 3 N–H and O–H groups in total. The Kier molecular flexibility index (Phi) is 10.1. The molecule has 2 aromatic rings. The van der Waals surface area contributed by atoms with Crippen molar-refractivity contribution in [2.24, 2.45) is 11.7 Å². The third kappa shape index (κ3) is 7.46. The molecule has 0 aliphatic carbocycles. The predicted octanol–water partition coefficient (Wildman–Crippen LogP) is 4.75. The van der Waals surface area contributed by atoms with Crippen molar-refractivity contribution in [3.63, 3.8) is 0 Å². The van der Waals surface area contributed by atoms with Crippen molar-refractivity contribution in [3.8, 4) is 0 Å². The lowest BCUT2D eigenvalue weighted by atomic mass is 9.93. The monoisotopic (exact) mass is 613 g/mol. The Morgan fingerprint density at radius 2 is 1.78 bits per heavy atom. The number of hydrogen-bond acceptors (Lipinski definition) is 5. The smallest absolute Gasteiger partial charge is 0.367 e. The zero-order valence-corrected chi connectivity index (χ0v) is 24.7. The average Bonchev–Trinajstić information content (AvgIpc) is 2.92. The highest BCUT2D eigenvalue weighted by atomic mass is 35.5. The molecule has 2 unspecified atom stereocenters. The number of nitrogens with two attached hydrogens (primary N) is 1. The lowest BCUT2D eigenvalue weighted by Gasteiger charge is -2.42. The van der Waals surface area contributed by atoms with E-state index in [1.165, 1.54) is 6.07 Å². The summed E-state index contributed by atoms with van der Waals surface area (Å²) in [7, 11) is 0. The fourth-order valence-electron chi connectivity index (χ4n) is 5.62. The van der Waals surface area contributed by atoms with Crippen LogP contribution in [-0.4, -0.2) is 73.5 Å². The SMILES string of the molecule is CC(C)CC(N)c1cccc(C(F)(F)F)c1N1CCN(C(=O)C(Cc2ccc(Cl)cc2Cl)N2CCNCC2=O)CC1. The number of halogens is 5. The standard InChI is InChI=1S/C29H36Cl2F3N5O2/c1-18(2)14-24(35)21-4-3-5-22(29(32,33)34)27(21)37-10-12-38(13-11-37)28(41)25(39-9-8-36-17-26(39)40)15-19-6-7-20(30)16-23(19)31/h3-7,16,18,24-25,36H,8-15,17,35H2,1-2H3. The predicted molar refractivity (Wildman–Crippen MR) is 155 cm³/mol. The summed E-state index contributed by atoms with van der Waals surface area (Å²) < 4.78 is 42.4. The second-order valence-electron chi connectivity index (χ2n) is 11.0. The third-order valence-electron chi connectivity index (χ3n) is 7.62. The maximum atomic E-state index is 14.1. The van der Waals surface area contributed by atoms with Gasteiger partial charge in [-0.1, -0.05) is 55.2 Å². The maximum Gasteiger partial charge on any atom is 0.418 e. The summed E-state index contributed by atoms with van der Waals surface area (Å²) in [6.07, 6.45) is -3.81. The summed E-state index contributed by atoms with van der Waals surface area (Å²) in [6.45, 7) is 5.79. The molecule has 2 aliphatic rings. The molecule has 2 heterocycles. The first-order chi connectivity index (χ1) is 19.4. The van der Waals surface area contributed by atoms with Gasteiger partial charge in [-0.2, -0.15) is 13.2 Å². The molecule has 12 heteroatoms. The van der Waals surface area contributed by atoms with Crippen molar-refractivity contribution >= 4 is 40.7 Å². The first-order valence-corrected chi connectivity index (χ1v) is 14.6. The van der Waals surface area contributed by atoms with Crippen LogP contribution in [0.5, 0.6) is 0 Å². The molecule has 2 aliphatic heterocycles. The molecule has 2 aromatic carbocycles. The molecule has 0 aromatic heterocycles. The van der Waals surface area contributed by atoms with Crippen LogP contribution in [-0.2, 0) is 22.2 Å². The zero-order valence-electron chi connectivity index (χ0n) is 23.2. The van der Waals surface area contributed by atoms with E-state index >= 15 is 0 Å². The number of rotatable bonds is 8. The van der Waals surface area contributed by atoms with Gasteiger partial charge in [0, 0.05) is 61.8 Å². The van der Waals surface area contributed by atoms with Gasteiger partial charge < -0.3 is 25.8 Å². The summed E-state index contributed by atoms with van der Waals surface area (Å²) in [5.41, 5.74) is 6.90. The zero-order chi connectivity index (χ0) is 29.9. The molecular formula is C29H36Cl2F3N5O2. The van der Waals surface area contributed by atoms with Gasteiger partial charge in [0.05, 0.1) is 17.8 Å². The average molecular weight is 615 g/mol. The molecule has 4 rings (SSSR count). The van der Waals surface area contributed by atoms with Crippen molar-refractivity contribution in [2.75, 3.05) is 50.7 Å². The number of carbonyl (C=O) groups is 2. The van der Waals surface area contributed by atoms with E-state index in [-0.39, 0.29) is 62.6 Å². The van der Waals surface area contributed by atoms with Gasteiger partial charge in [-0.3, -0.25) is 9.59 Å². The van der Waals surface area contributed by atoms with Crippen molar-refractivity contribution < 1.29 is 22.8 Å². The van der Waals surface area contributed by atoms with Crippen LogP contribution < -0.4 is 16.0 Å². The number of nitrogens with zero attached hydrogens (tertiary/aromatic N) is 3. The third-order valence-corrected chi connectivity index (χ3v) is 8.21. The van der Waals surface area contributed by atoms with E-state index in [4.69, 9.17) is 28.9 Å². The molecule has 224 valence electrons. The van der Waals surface area contributed by atoms with Crippen molar-refractivity contribution in [1.82, 2.24) is 15.1 Å². The summed E-state index contributed by atoms with van der Waals surface area (Å²) >= 11 is 12.5. The number of carbonyl (C=O) groups excluding carboxylic acids is 2. The lowest BCUT2D eigenvalue weighted by Crippen LogP contribution is -2.60. The highest BCUT2D eigenvalue weighted by molar-refractivity contribution is 6.35. The van der Waals surface area contributed by atoms with E-state index in [9.17, 15) is 22.8 Å². The van der Waals surface area contributed by atoms with Gasteiger partial charge in [-0.05, 0) is 41.7 Å². The molecular weight excluding hydrogens is 578 g/mol. The van der Waals surface area contributed by atoms with Crippen LogP contribution in [0.15, 0.2) is 36.4 Å². The van der Waals surface area contributed by atoms with Crippen LogP contribution >= 0.6 is 23.2 Å². The Bertz CT molecular complexity index is 1250. The van der Waals surface area contributed by atoms with Crippen LogP contribution in [0.3, 0.4) is 0 Å². The normalized spacial score (nSPS) is 18.2. The van der Waals surface area contributed by atoms with Crippen molar-refractivity contribution in [2.45, 2.75) is 44.9 Å². The largest absolute Gasteiger partial charge is 0.418 e. The molecule has 7 nitrogen and oxygen atoms in total. The van der Waals surface area contributed by atoms with Gasteiger partial charge in [0.25, 0.3) is 0 Å². The molecule has 2 fully saturated rings. The van der Waals surface area contributed by atoms with Gasteiger partial charge >= 0.3 is 6.18 Å². The summed E-state index contributed by atoms with van der Waals surface area (Å²) in [4.78, 5) is 31.6. The number of amides is 2. The van der Waals surface area contributed by atoms with Gasteiger partial charge in [0.2, 0.25) is 11.8 Å². The Balaban J connectivity index is 1.58. The van der Waals surface area contributed by atoms with Gasteiger partial charge in [-0.25, -0.2) is 0 Å². The summed E-state index contributed by atoms with van der Waals surface area (Å²) in [6, 6.07) is 7.81. The van der Waals surface area contributed by atoms with Gasteiger partial charge in [-0.15, -0.1) is 0 Å². The minimum atomic E-state index is -4.55. The Morgan fingerprint density at radius 3 is 2.39 bits per heavy atom. The van der Waals surface area contributed by atoms with Gasteiger partial charge in [0.15, 0.2) is 0 Å². The maximum absolute atomic E-state index is 14.1. The Labute approximate surface area is 248 Å². The second-order valence-corrected chi connectivity index (χ2v) is 11.9. The van der Waals surface area contributed by atoms with E-state index in [1.54, 1.807) is 39.0 Å². The van der Waals surface area contributed by atoms with Crippen LogP contribution in [0.4, 0.5) is 18.9 Å².